The fourth-order valence-electron chi connectivity index (χ4n) is 4.75. The van der Waals surface area contributed by atoms with Crippen LogP contribution in [0.4, 0.5) is 19.0 Å². The van der Waals surface area contributed by atoms with Gasteiger partial charge in [-0.25, -0.2) is 4.98 Å². The maximum atomic E-state index is 13.2. The van der Waals surface area contributed by atoms with Crippen LogP contribution in [0.5, 0.6) is 0 Å². The molecule has 1 N–H and O–H groups in total. The van der Waals surface area contributed by atoms with Crippen LogP contribution in [0, 0.1) is 0 Å². The molecule has 2 aliphatic rings. The van der Waals surface area contributed by atoms with Gasteiger partial charge in [0, 0.05) is 26.9 Å². The minimum Gasteiger partial charge on any atom is -0.461 e. The minimum absolute atomic E-state index is 0.131. The number of nitrogens with one attached hydrogen (secondary N) is 1. The van der Waals surface area contributed by atoms with E-state index in [9.17, 15) is 27.6 Å². The first-order valence-electron chi connectivity index (χ1n) is 13.5. The summed E-state index contributed by atoms with van der Waals surface area (Å²) >= 11 is 0. The number of carbonyl (C=O) groups excluding carboxylic acids is 3. The van der Waals surface area contributed by atoms with E-state index >= 15 is 0 Å². The topological polar surface area (TPSA) is 144 Å². The van der Waals surface area contributed by atoms with Gasteiger partial charge in [-0.3, -0.25) is 19.4 Å². The van der Waals surface area contributed by atoms with Crippen LogP contribution in [0.2, 0.25) is 0 Å². The maximum Gasteiger partial charge on any atom is 0.434 e. The average molecular weight is 612 g/mol. The predicted molar refractivity (Wildman–Crippen MR) is 140 cm³/mol. The zero-order valence-corrected chi connectivity index (χ0v) is 23.5. The molecule has 4 rings (SSSR count). The van der Waals surface area contributed by atoms with Gasteiger partial charge in [0.2, 0.25) is 0 Å². The number of aromatic nitrogens is 2. The number of esters is 3. The van der Waals surface area contributed by atoms with E-state index in [4.69, 9.17) is 28.4 Å². The zero-order valence-electron chi connectivity index (χ0n) is 23.5. The van der Waals surface area contributed by atoms with Gasteiger partial charge < -0.3 is 33.7 Å². The Kier molecular flexibility index (Phi) is 10.5. The molecule has 1 aromatic heterocycles. The van der Waals surface area contributed by atoms with Crippen molar-refractivity contribution in [2.24, 2.45) is 0 Å². The molecule has 15 heteroatoms. The van der Waals surface area contributed by atoms with Gasteiger partial charge in [0.1, 0.15) is 18.5 Å². The summed E-state index contributed by atoms with van der Waals surface area (Å²) in [5, 5.41) is 2.74. The Labute approximate surface area is 245 Å². The number of halogens is 3. The first-order chi connectivity index (χ1) is 20.5. The van der Waals surface area contributed by atoms with Gasteiger partial charge in [-0.1, -0.05) is 30.3 Å². The van der Waals surface area contributed by atoms with Crippen LogP contribution in [0.3, 0.4) is 0 Å². The summed E-state index contributed by atoms with van der Waals surface area (Å²) in [6, 6.07) is 8.18. The molecule has 1 aromatic carbocycles. The third kappa shape index (κ3) is 8.61. The second-order valence-electron chi connectivity index (χ2n) is 10.1. The monoisotopic (exact) mass is 611 g/mol. The molecule has 0 spiro atoms. The van der Waals surface area contributed by atoms with Gasteiger partial charge in [-0.05, 0) is 18.4 Å². The Balaban J connectivity index is 1.37. The molecule has 2 fully saturated rings. The molecule has 0 unspecified atom stereocenters. The smallest absolute Gasteiger partial charge is 0.434 e. The first kappa shape index (κ1) is 32.1. The number of rotatable bonds is 13. The number of fused-ring (bicyclic) bond motifs is 2. The van der Waals surface area contributed by atoms with Crippen molar-refractivity contribution in [1.82, 2.24) is 9.97 Å². The number of anilines is 1. The number of hydrogen-bond acceptors (Lipinski definition) is 12. The molecule has 12 nitrogen and oxygen atoms in total. The lowest BCUT2D eigenvalue weighted by atomic mass is 9.87. The van der Waals surface area contributed by atoms with E-state index in [1.165, 1.54) is 0 Å². The SMILES string of the molecule is CC(=O)O[C@@H]1[C@@H](Nc2cncc(C(F)(F)F)n2)[C@H]2OC[C@](COCCCCC(=O)OCc3ccccc3)(O2)[C@@H]1OC(C)=O. The highest BCUT2D eigenvalue weighted by molar-refractivity contribution is 5.69. The lowest BCUT2D eigenvalue weighted by molar-refractivity contribution is -0.244. The molecule has 5 atom stereocenters. The fourth-order valence-corrected chi connectivity index (χ4v) is 4.75. The summed E-state index contributed by atoms with van der Waals surface area (Å²) in [5.41, 5.74) is -1.74. The summed E-state index contributed by atoms with van der Waals surface area (Å²) in [6.07, 6.45) is -5.57. The Hall–Kier alpha value is -3.82. The van der Waals surface area contributed by atoms with Gasteiger partial charge in [0.15, 0.2) is 29.8 Å². The summed E-state index contributed by atoms with van der Waals surface area (Å²) in [6.45, 7) is 2.43. The molecular weight excluding hydrogens is 579 g/mol. The average Bonchev–Trinajstić information content (AvgIpc) is 3.35. The van der Waals surface area contributed by atoms with Crippen LogP contribution in [0.25, 0.3) is 0 Å². The zero-order chi connectivity index (χ0) is 31.0. The molecule has 0 radical (unpaired) electrons. The maximum absolute atomic E-state index is 13.2. The van der Waals surface area contributed by atoms with Crippen LogP contribution in [-0.4, -0.2) is 77.8 Å². The van der Waals surface area contributed by atoms with Gasteiger partial charge in [0.25, 0.3) is 0 Å². The van der Waals surface area contributed by atoms with Crippen LogP contribution in [-0.2, 0) is 55.6 Å². The molecule has 3 heterocycles. The summed E-state index contributed by atoms with van der Waals surface area (Å²) < 4.78 is 73.6. The number of nitrogens with zero attached hydrogens (tertiary/aromatic N) is 2. The highest BCUT2D eigenvalue weighted by Gasteiger charge is 2.63. The molecule has 0 amide bonds. The normalized spacial score (nSPS) is 24.7. The van der Waals surface area contributed by atoms with Crippen molar-refractivity contribution < 1.29 is 56.0 Å². The summed E-state index contributed by atoms with van der Waals surface area (Å²) in [4.78, 5) is 43.3. The molecule has 2 aliphatic heterocycles. The van der Waals surface area contributed by atoms with Gasteiger partial charge in [-0.2, -0.15) is 13.2 Å². The van der Waals surface area contributed by atoms with Crippen LogP contribution in [0.15, 0.2) is 42.7 Å². The Bertz CT molecular complexity index is 1270. The number of hydrogen-bond donors (Lipinski definition) is 1. The van der Waals surface area contributed by atoms with E-state index in [-0.39, 0.29) is 44.6 Å². The number of alkyl halides is 3. The molecule has 0 aliphatic carbocycles. The van der Waals surface area contributed by atoms with E-state index in [1.54, 1.807) is 0 Å². The van der Waals surface area contributed by atoms with Gasteiger partial charge in [0.05, 0.1) is 25.6 Å². The lowest BCUT2D eigenvalue weighted by Crippen LogP contribution is -2.66. The molecule has 2 saturated heterocycles. The molecular formula is C28H32F3N3O9. The van der Waals surface area contributed by atoms with Crippen molar-refractivity contribution in [2.45, 2.75) is 76.0 Å². The van der Waals surface area contributed by atoms with Gasteiger partial charge in [-0.15, -0.1) is 0 Å². The second-order valence-corrected chi connectivity index (χ2v) is 10.1. The summed E-state index contributed by atoms with van der Waals surface area (Å²) in [7, 11) is 0. The number of carbonyl (C=O) groups is 3. The van der Waals surface area contributed by atoms with Crippen molar-refractivity contribution in [1.29, 1.82) is 0 Å². The van der Waals surface area contributed by atoms with Crippen molar-refractivity contribution >= 4 is 23.7 Å². The molecule has 2 bridgehead atoms. The van der Waals surface area contributed by atoms with Crippen molar-refractivity contribution in [3.8, 4) is 0 Å². The standard InChI is InChI=1S/C28H32F3N3O9/c1-17(35)41-24-23(34-21-13-32-12-20(33-21)28(29,30)31)26-40-16-27(43-26,25(24)42-18(2)36)15-38-11-7-6-10-22(37)39-14-19-8-4-3-5-9-19/h3-5,8-9,12-13,23-26H,6-7,10-11,14-16H2,1-2H3,(H,33,34)/t23-,24-,25-,26+,27+/m1/s1. The van der Waals surface area contributed by atoms with Crippen molar-refractivity contribution in [3.05, 3.63) is 54.0 Å². The van der Waals surface area contributed by atoms with E-state index in [1.807, 2.05) is 30.3 Å². The number of unbranched alkanes of at least 4 members (excludes halogenated alkanes) is 1. The fraction of sp³-hybridized carbons (Fsp3) is 0.536. The van der Waals surface area contributed by atoms with E-state index in [0.717, 1.165) is 25.6 Å². The largest absolute Gasteiger partial charge is 0.461 e. The Morgan fingerprint density at radius 3 is 2.51 bits per heavy atom. The molecule has 0 saturated carbocycles. The predicted octanol–water partition coefficient (Wildman–Crippen LogP) is 3.19. The highest BCUT2D eigenvalue weighted by atomic mass is 19.4. The van der Waals surface area contributed by atoms with E-state index < -0.39 is 53.9 Å². The van der Waals surface area contributed by atoms with E-state index in [2.05, 4.69) is 15.3 Å². The lowest BCUT2D eigenvalue weighted by Gasteiger charge is -2.45. The minimum atomic E-state index is -4.75. The summed E-state index contributed by atoms with van der Waals surface area (Å²) in [5.74, 6) is -2.08. The van der Waals surface area contributed by atoms with Crippen LogP contribution in [0.1, 0.15) is 44.4 Å². The van der Waals surface area contributed by atoms with E-state index in [0.29, 0.717) is 19.0 Å². The molecule has 2 aromatic rings. The number of ether oxygens (including phenoxy) is 6. The Morgan fingerprint density at radius 1 is 1.07 bits per heavy atom. The van der Waals surface area contributed by atoms with Gasteiger partial charge >= 0.3 is 24.1 Å². The highest BCUT2D eigenvalue weighted by Crippen LogP contribution is 2.41. The third-order valence-corrected chi connectivity index (χ3v) is 6.65. The second kappa shape index (κ2) is 14.1. The number of benzene rings is 1. The van der Waals surface area contributed by atoms with Crippen LogP contribution >= 0.6 is 0 Å². The van der Waals surface area contributed by atoms with Crippen molar-refractivity contribution in [2.75, 3.05) is 25.1 Å². The quantitative estimate of drug-likeness (QED) is 0.202. The first-order valence-corrected chi connectivity index (χ1v) is 13.5. The van der Waals surface area contributed by atoms with Crippen molar-refractivity contribution in [3.63, 3.8) is 0 Å². The Morgan fingerprint density at radius 2 is 1.81 bits per heavy atom. The molecule has 43 heavy (non-hydrogen) atoms. The third-order valence-electron chi connectivity index (χ3n) is 6.65. The molecule has 234 valence electrons. The van der Waals surface area contributed by atoms with Crippen LogP contribution < -0.4 is 5.32 Å².